The Hall–Kier alpha value is -1.17. The molecule has 2 aromatic rings. The number of likely N-dealkylation sites (N-methyl/N-ethyl adjacent to an activating group) is 1. The number of nitrogens with zero attached hydrogens (tertiary/aromatic N) is 3. The second-order valence-corrected chi connectivity index (χ2v) is 8.33. The lowest BCUT2D eigenvalue weighted by Crippen LogP contribution is -2.42. The molecule has 0 aliphatic heterocycles. The number of rotatable bonds is 7. The van der Waals surface area contributed by atoms with Gasteiger partial charge in [0.25, 0.3) is 0 Å². The fraction of sp³-hybridized carbons (Fsp3) is 0.619. The fourth-order valence-electron chi connectivity index (χ4n) is 3.79. The fourth-order valence-corrected chi connectivity index (χ4v) is 4.88. The minimum atomic E-state index is 0. The molecule has 0 spiro atoms. The zero-order chi connectivity index (χ0) is 18.5. The number of aryl methyl sites for hydroxylation is 1. The molecule has 1 aromatic carbocycles. The zero-order valence-corrected chi connectivity index (χ0v) is 18.4. The molecular weight excluding hydrogens is 378 g/mol. The molecule has 0 atom stereocenters. The van der Waals surface area contributed by atoms with Gasteiger partial charge >= 0.3 is 0 Å². The van der Waals surface area contributed by atoms with Gasteiger partial charge in [0.1, 0.15) is 0 Å². The Balaban J connectivity index is 0.00000261. The Morgan fingerprint density at radius 2 is 1.85 bits per heavy atom. The van der Waals surface area contributed by atoms with Crippen LogP contribution in [0.25, 0.3) is 10.2 Å². The second kappa shape index (κ2) is 10.4. The number of carbonyl (C=O) groups excluding carboxylic acids is 1. The molecule has 150 valence electrons. The molecule has 3 rings (SSSR count). The van der Waals surface area contributed by atoms with Crippen LogP contribution in [0.5, 0.6) is 0 Å². The van der Waals surface area contributed by atoms with Crippen LogP contribution in [0.1, 0.15) is 51.5 Å². The van der Waals surface area contributed by atoms with Crippen LogP contribution in [0.3, 0.4) is 0 Å². The molecule has 1 aliphatic carbocycles. The van der Waals surface area contributed by atoms with E-state index in [0.29, 0.717) is 0 Å². The number of amides is 1. The number of hydrogen-bond acceptors (Lipinski definition) is 4. The SMILES string of the molecule is CCN(CC)CCN(C(=O)C1CCCCC1)c1nc2ccc(C)cc2s1.Cl. The second-order valence-electron chi connectivity index (χ2n) is 7.32. The summed E-state index contributed by atoms with van der Waals surface area (Å²) in [5.41, 5.74) is 2.24. The number of aromatic nitrogens is 1. The van der Waals surface area contributed by atoms with Gasteiger partial charge < -0.3 is 4.90 Å². The van der Waals surface area contributed by atoms with Crippen molar-refractivity contribution in [2.45, 2.75) is 52.9 Å². The van der Waals surface area contributed by atoms with E-state index < -0.39 is 0 Å². The van der Waals surface area contributed by atoms with Gasteiger partial charge in [-0.1, -0.05) is 50.5 Å². The van der Waals surface area contributed by atoms with E-state index >= 15 is 0 Å². The third-order valence-corrected chi connectivity index (χ3v) is 6.56. The van der Waals surface area contributed by atoms with E-state index in [1.165, 1.54) is 29.5 Å². The number of thiazole rings is 1. The first-order valence-electron chi connectivity index (χ1n) is 10.0. The number of halogens is 1. The van der Waals surface area contributed by atoms with Crippen LogP contribution >= 0.6 is 23.7 Å². The van der Waals surface area contributed by atoms with Crippen molar-refractivity contribution in [1.82, 2.24) is 9.88 Å². The average molecular weight is 410 g/mol. The minimum Gasteiger partial charge on any atom is -0.302 e. The van der Waals surface area contributed by atoms with Crippen molar-refractivity contribution in [2.24, 2.45) is 5.92 Å². The highest BCUT2D eigenvalue weighted by Gasteiger charge is 2.28. The van der Waals surface area contributed by atoms with Crippen molar-refractivity contribution in [1.29, 1.82) is 0 Å². The molecule has 27 heavy (non-hydrogen) atoms. The van der Waals surface area contributed by atoms with Crippen LogP contribution < -0.4 is 4.90 Å². The molecule has 1 fully saturated rings. The molecule has 1 aliphatic rings. The van der Waals surface area contributed by atoms with Gasteiger partial charge in [-0.15, -0.1) is 12.4 Å². The van der Waals surface area contributed by atoms with Crippen LogP contribution in [-0.4, -0.2) is 42.0 Å². The van der Waals surface area contributed by atoms with Gasteiger partial charge in [0.2, 0.25) is 5.91 Å². The molecule has 0 unspecified atom stereocenters. The van der Waals surface area contributed by atoms with Crippen molar-refractivity contribution in [3.63, 3.8) is 0 Å². The van der Waals surface area contributed by atoms with Crippen molar-refractivity contribution in [3.8, 4) is 0 Å². The first-order chi connectivity index (χ1) is 12.6. The van der Waals surface area contributed by atoms with Gasteiger partial charge in [-0.2, -0.15) is 0 Å². The third-order valence-electron chi connectivity index (χ3n) is 5.52. The molecule has 0 saturated heterocycles. The molecule has 1 aromatic heterocycles. The van der Waals surface area contributed by atoms with Crippen LogP contribution in [0, 0.1) is 12.8 Å². The average Bonchev–Trinajstić information content (AvgIpc) is 3.08. The normalized spacial score (nSPS) is 15.1. The lowest BCUT2D eigenvalue weighted by Gasteiger charge is -2.29. The Labute approximate surface area is 173 Å². The summed E-state index contributed by atoms with van der Waals surface area (Å²) in [6, 6.07) is 6.33. The van der Waals surface area contributed by atoms with Crippen molar-refractivity contribution in [2.75, 3.05) is 31.1 Å². The maximum Gasteiger partial charge on any atom is 0.231 e. The Kier molecular flexibility index (Phi) is 8.52. The highest BCUT2D eigenvalue weighted by atomic mass is 35.5. The molecule has 4 nitrogen and oxygen atoms in total. The summed E-state index contributed by atoms with van der Waals surface area (Å²) in [7, 11) is 0. The lowest BCUT2D eigenvalue weighted by molar-refractivity contribution is -0.123. The molecule has 0 bridgehead atoms. The standard InChI is InChI=1S/C21H31N3OS.ClH/c1-4-23(5-2)13-14-24(20(25)17-9-7-6-8-10-17)21-22-18-12-11-16(3)15-19(18)26-21;/h11-12,15,17H,4-10,13-14H2,1-3H3;1H. The first-order valence-corrected chi connectivity index (χ1v) is 10.8. The molecule has 1 saturated carbocycles. The quantitative estimate of drug-likeness (QED) is 0.624. The van der Waals surface area contributed by atoms with Crippen molar-refractivity contribution < 1.29 is 4.79 Å². The van der Waals surface area contributed by atoms with E-state index in [0.717, 1.165) is 49.7 Å². The smallest absolute Gasteiger partial charge is 0.231 e. The molecule has 6 heteroatoms. The molecular formula is C21H32ClN3OS. The summed E-state index contributed by atoms with van der Waals surface area (Å²) in [6.45, 7) is 10.1. The van der Waals surface area contributed by atoms with Gasteiger partial charge in [-0.05, 0) is 50.6 Å². The highest BCUT2D eigenvalue weighted by Crippen LogP contribution is 2.32. The monoisotopic (exact) mass is 409 g/mol. The van der Waals surface area contributed by atoms with Crippen LogP contribution in [0.2, 0.25) is 0 Å². The number of benzene rings is 1. The number of carbonyl (C=O) groups is 1. The van der Waals surface area contributed by atoms with Gasteiger partial charge in [0, 0.05) is 19.0 Å². The van der Waals surface area contributed by atoms with Gasteiger partial charge in [0.05, 0.1) is 10.2 Å². The van der Waals surface area contributed by atoms with Crippen molar-refractivity contribution >= 4 is 45.0 Å². The highest BCUT2D eigenvalue weighted by molar-refractivity contribution is 7.22. The van der Waals surface area contributed by atoms with E-state index in [9.17, 15) is 4.79 Å². The molecule has 0 N–H and O–H groups in total. The van der Waals surface area contributed by atoms with E-state index in [-0.39, 0.29) is 24.2 Å². The molecule has 0 radical (unpaired) electrons. The summed E-state index contributed by atoms with van der Waals surface area (Å²) in [6.07, 6.45) is 5.69. The van der Waals surface area contributed by atoms with Gasteiger partial charge in [-0.3, -0.25) is 9.69 Å². The largest absolute Gasteiger partial charge is 0.302 e. The lowest BCUT2D eigenvalue weighted by atomic mass is 9.88. The number of anilines is 1. The van der Waals surface area contributed by atoms with Gasteiger partial charge in [0.15, 0.2) is 5.13 Å². The minimum absolute atomic E-state index is 0. The summed E-state index contributed by atoms with van der Waals surface area (Å²) in [4.78, 5) is 22.5. The third kappa shape index (κ3) is 5.43. The van der Waals surface area contributed by atoms with Crippen LogP contribution in [-0.2, 0) is 4.79 Å². The predicted molar refractivity (Wildman–Crippen MR) is 118 cm³/mol. The van der Waals surface area contributed by atoms with E-state index in [2.05, 4.69) is 43.9 Å². The molecule has 1 amide bonds. The molecule has 1 heterocycles. The summed E-state index contributed by atoms with van der Waals surface area (Å²) < 4.78 is 1.17. The summed E-state index contributed by atoms with van der Waals surface area (Å²) in [5.74, 6) is 0.460. The maximum atomic E-state index is 13.3. The Morgan fingerprint density at radius 1 is 1.15 bits per heavy atom. The Morgan fingerprint density at radius 3 is 2.52 bits per heavy atom. The first kappa shape index (κ1) is 22.1. The maximum absolute atomic E-state index is 13.3. The van der Waals surface area contributed by atoms with Crippen molar-refractivity contribution in [3.05, 3.63) is 23.8 Å². The van der Waals surface area contributed by atoms with Gasteiger partial charge in [-0.25, -0.2) is 4.98 Å². The zero-order valence-electron chi connectivity index (χ0n) is 16.7. The summed E-state index contributed by atoms with van der Waals surface area (Å²) in [5, 5.41) is 0.869. The van der Waals surface area contributed by atoms with Crippen LogP contribution in [0.15, 0.2) is 18.2 Å². The van der Waals surface area contributed by atoms with E-state index in [1.54, 1.807) is 11.3 Å². The van der Waals surface area contributed by atoms with E-state index in [1.807, 2.05) is 4.90 Å². The predicted octanol–water partition coefficient (Wildman–Crippen LogP) is 5.28. The van der Waals surface area contributed by atoms with E-state index in [4.69, 9.17) is 4.98 Å². The van der Waals surface area contributed by atoms with Crippen LogP contribution in [0.4, 0.5) is 5.13 Å². The topological polar surface area (TPSA) is 36.4 Å². The summed E-state index contributed by atoms with van der Waals surface area (Å²) >= 11 is 1.65. The number of hydrogen-bond donors (Lipinski definition) is 0. The number of fused-ring (bicyclic) bond motifs is 1. The Bertz CT molecular complexity index is 738.